The number of fused-ring (bicyclic) bond motifs is 1. The Bertz CT molecular complexity index is 641. The van der Waals surface area contributed by atoms with Crippen molar-refractivity contribution in [1.29, 1.82) is 0 Å². The summed E-state index contributed by atoms with van der Waals surface area (Å²) in [7, 11) is 0. The molecule has 0 spiro atoms. The SMILES string of the molecule is NCC1(Cc2ccc(F)cc2Cl)CCc2ccccc21. The molecule has 104 valence electrons. The second-order valence-electron chi connectivity index (χ2n) is 5.55. The molecule has 0 saturated heterocycles. The van der Waals surface area contributed by atoms with Crippen LogP contribution in [0, 0.1) is 5.82 Å². The Balaban J connectivity index is 1.99. The molecule has 2 aromatic rings. The first kappa shape index (κ1) is 13.6. The van der Waals surface area contributed by atoms with E-state index >= 15 is 0 Å². The number of hydrogen-bond donors (Lipinski definition) is 1. The minimum absolute atomic E-state index is 0.0714. The zero-order valence-electron chi connectivity index (χ0n) is 11.2. The van der Waals surface area contributed by atoms with Crippen LogP contribution in [-0.2, 0) is 18.3 Å². The minimum atomic E-state index is -0.299. The molecule has 0 radical (unpaired) electrons. The van der Waals surface area contributed by atoms with Crippen LogP contribution in [0.5, 0.6) is 0 Å². The van der Waals surface area contributed by atoms with E-state index in [1.807, 2.05) is 0 Å². The molecule has 0 heterocycles. The van der Waals surface area contributed by atoms with Gasteiger partial charge in [-0.2, -0.15) is 0 Å². The van der Waals surface area contributed by atoms with E-state index in [2.05, 4.69) is 24.3 Å². The van der Waals surface area contributed by atoms with E-state index in [1.54, 1.807) is 6.07 Å². The summed E-state index contributed by atoms with van der Waals surface area (Å²) in [4.78, 5) is 0. The maximum Gasteiger partial charge on any atom is 0.124 e. The van der Waals surface area contributed by atoms with Crippen molar-refractivity contribution >= 4 is 11.6 Å². The van der Waals surface area contributed by atoms with Crippen LogP contribution in [0.25, 0.3) is 0 Å². The molecule has 0 amide bonds. The summed E-state index contributed by atoms with van der Waals surface area (Å²) < 4.78 is 13.2. The van der Waals surface area contributed by atoms with Crippen molar-refractivity contribution in [1.82, 2.24) is 0 Å². The van der Waals surface area contributed by atoms with Gasteiger partial charge in [0.25, 0.3) is 0 Å². The van der Waals surface area contributed by atoms with Crippen molar-refractivity contribution in [2.75, 3.05) is 6.54 Å². The fraction of sp³-hybridized carbons (Fsp3) is 0.294. The van der Waals surface area contributed by atoms with Gasteiger partial charge in [-0.1, -0.05) is 41.9 Å². The number of rotatable bonds is 3. The molecule has 1 nitrogen and oxygen atoms in total. The zero-order valence-corrected chi connectivity index (χ0v) is 12.0. The van der Waals surface area contributed by atoms with Gasteiger partial charge in [-0.3, -0.25) is 0 Å². The summed E-state index contributed by atoms with van der Waals surface area (Å²) >= 11 is 6.17. The number of hydrogen-bond acceptors (Lipinski definition) is 1. The molecular weight excluding hydrogens is 273 g/mol. The average molecular weight is 290 g/mol. The van der Waals surface area contributed by atoms with Gasteiger partial charge in [-0.25, -0.2) is 4.39 Å². The number of benzene rings is 2. The molecule has 0 aromatic heterocycles. The van der Waals surface area contributed by atoms with Crippen LogP contribution < -0.4 is 5.73 Å². The standard InChI is InChI=1S/C17H17ClFN/c18-16-9-14(19)6-5-13(16)10-17(11-20)8-7-12-3-1-2-4-15(12)17/h1-6,9H,7-8,10-11,20H2. The molecule has 2 N–H and O–H groups in total. The Hall–Kier alpha value is -1.38. The van der Waals surface area contributed by atoms with Crippen LogP contribution in [0.3, 0.4) is 0 Å². The molecule has 2 aromatic carbocycles. The number of halogens is 2. The van der Waals surface area contributed by atoms with Crippen LogP contribution in [0.4, 0.5) is 4.39 Å². The molecule has 3 rings (SSSR count). The van der Waals surface area contributed by atoms with Crippen molar-refractivity contribution in [2.45, 2.75) is 24.7 Å². The van der Waals surface area contributed by atoms with Crippen LogP contribution in [0.2, 0.25) is 5.02 Å². The highest BCUT2D eigenvalue weighted by molar-refractivity contribution is 6.31. The minimum Gasteiger partial charge on any atom is -0.330 e. The maximum absolute atomic E-state index is 13.2. The van der Waals surface area contributed by atoms with Crippen LogP contribution in [0.1, 0.15) is 23.1 Å². The summed E-state index contributed by atoms with van der Waals surface area (Å²) in [6, 6.07) is 13.1. The van der Waals surface area contributed by atoms with Crippen molar-refractivity contribution in [2.24, 2.45) is 5.73 Å². The number of aryl methyl sites for hydroxylation is 1. The quantitative estimate of drug-likeness (QED) is 0.912. The Labute approximate surface area is 123 Å². The Morgan fingerprint density at radius 1 is 1.20 bits per heavy atom. The van der Waals surface area contributed by atoms with E-state index < -0.39 is 0 Å². The van der Waals surface area contributed by atoms with E-state index in [9.17, 15) is 4.39 Å². The Kier molecular flexibility index (Phi) is 3.53. The summed E-state index contributed by atoms with van der Waals surface area (Å²) in [5, 5.41) is 0.488. The summed E-state index contributed by atoms with van der Waals surface area (Å²) in [5.41, 5.74) is 9.68. The van der Waals surface area contributed by atoms with E-state index in [0.717, 1.165) is 24.8 Å². The maximum atomic E-state index is 13.2. The monoisotopic (exact) mass is 289 g/mol. The first-order chi connectivity index (χ1) is 9.64. The third-order valence-electron chi connectivity index (χ3n) is 4.40. The summed E-state index contributed by atoms with van der Waals surface area (Å²) in [5.74, 6) is -0.299. The lowest BCUT2D eigenvalue weighted by Crippen LogP contribution is -2.35. The predicted molar refractivity (Wildman–Crippen MR) is 80.6 cm³/mol. The van der Waals surface area contributed by atoms with Gasteiger partial charge < -0.3 is 5.73 Å². The van der Waals surface area contributed by atoms with Crippen molar-refractivity contribution in [3.8, 4) is 0 Å². The largest absolute Gasteiger partial charge is 0.330 e. The molecule has 0 aliphatic heterocycles. The van der Waals surface area contributed by atoms with Crippen LogP contribution >= 0.6 is 11.6 Å². The summed E-state index contributed by atoms with van der Waals surface area (Å²) in [6.45, 7) is 0.581. The van der Waals surface area contributed by atoms with Gasteiger partial charge in [0.2, 0.25) is 0 Å². The van der Waals surface area contributed by atoms with Gasteiger partial charge in [-0.15, -0.1) is 0 Å². The molecule has 20 heavy (non-hydrogen) atoms. The molecule has 1 atom stereocenters. The lowest BCUT2D eigenvalue weighted by atomic mass is 9.76. The molecule has 0 saturated carbocycles. The van der Waals surface area contributed by atoms with Gasteiger partial charge in [0.15, 0.2) is 0 Å². The lowest BCUT2D eigenvalue weighted by molar-refractivity contribution is 0.431. The lowest BCUT2D eigenvalue weighted by Gasteiger charge is -2.29. The molecule has 1 aliphatic carbocycles. The molecule has 0 bridgehead atoms. The molecule has 0 fully saturated rings. The van der Waals surface area contributed by atoms with E-state index in [4.69, 9.17) is 17.3 Å². The van der Waals surface area contributed by atoms with Crippen molar-refractivity contribution in [3.05, 3.63) is 70.0 Å². The van der Waals surface area contributed by atoms with Crippen molar-refractivity contribution < 1.29 is 4.39 Å². The van der Waals surface area contributed by atoms with E-state index in [-0.39, 0.29) is 11.2 Å². The second kappa shape index (κ2) is 5.19. The third kappa shape index (κ3) is 2.23. The number of nitrogens with two attached hydrogens (primary N) is 1. The fourth-order valence-electron chi connectivity index (χ4n) is 3.26. The highest BCUT2D eigenvalue weighted by atomic mass is 35.5. The third-order valence-corrected chi connectivity index (χ3v) is 4.75. The smallest absolute Gasteiger partial charge is 0.124 e. The summed E-state index contributed by atoms with van der Waals surface area (Å²) in [6.07, 6.45) is 2.84. The van der Waals surface area contributed by atoms with E-state index in [0.29, 0.717) is 11.6 Å². The molecular formula is C17H17ClFN. The van der Waals surface area contributed by atoms with Gasteiger partial charge in [0.05, 0.1) is 0 Å². The van der Waals surface area contributed by atoms with Crippen LogP contribution in [0.15, 0.2) is 42.5 Å². The fourth-order valence-corrected chi connectivity index (χ4v) is 3.50. The topological polar surface area (TPSA) is 26.0 Å². The molecule has 1 aliphatic rings. The van der Waals surface area contributed by atoms with Gasteiger partial charge >= 0.3 is 0 Å². The first-order valence-electron chi connectivity index (χ1n) is 6.87. The van der Waals surface area contributed by atoms with E-state index in [1.165, 1.54) is 23.3 Å². The van der Waals surface area contributed by atoms with Gasteiger partial charge in [-0.05, 0) is 48.1 Å². The highest BCUT2D eigenvalue weighted by Gasteiger charge is 2.37. The Morgan fingerprint density at radius 3 is 2.75 bits per heavy atom. The van der Waals surface area contributed by atoms with Gasteiger partial charge in [0, 0.05) is 17.0 Å². The second-order valence-corrected chi connectivity index (χ2v) is 5.96. The van der Waals surface area contributed by atoms with Crippen molar-refractivity contribution in [3.63, 3.8) is 0 Å². The average Bonchev–Trinajstić information content (AvgIpc) is 2.82. The zero-order chi connectivity index (χ0) is 14.2. The van der Waals surface area contributed by atoms with Crippen LogP contribution in [-0.4, -0.2) is 6.54 Å². The normalized spacial score (nSPS) is 20.9. The Morgan fingerprint density at radius 2 is 2.00 bits per heavy atom. The molecule has 1 unspecified atom stereocenters. The first-order valence-corrected chi connectivity index (χ1v) is 7.25. The predicted octanol–water partition coefficient (Wildman–Crippen LogP) is 3.86. The van der Waals surface area contributed by atoms with Gasteiger partial charge in [0.1, 0.15) is 5.82 Å². The highest BCUT2D eigenvalue weighted by Crippen LogP contribution is 2.41. The molecule has 3 heteroatoms.